The van der Waals surface area contributed by atoms with Gasteiger partial charge in [0.05, 0.1) is 5.25 Å². The smallest absolute Gasteiger partial charge is 0.232 e. The maximum absolute atomic E-state index is 12.9. The lowest BCUT2D eigenvalue weighted by Crippen LogP contribution is -2.27. The molecule has 0 fully saturated rings. The van der Waals surface area contributed by atoms with E-state index in [2.05, 4.69) is 5.32 Å². The Kier molecular flexibility index (Phi) is 3.96. The fourth-order valence-corrected chi connectivity index (χ4v) is 2.05. The molecule has 0 aromatic heterocycles. The number of carbonyl (C=O) groups excluding carboxylic acids is 1. The first-order valence-electron chi connectivity index (χ1n) is 4.48. The van der Waals surface area contributed by atoms with Crippen LogP contribution in [-0.2, 0) is 4.79 Å². The zero-order chi connectivity index (χ0) is 11.4. The number of halogens is 1. The lowest BCUT2D eigenvalue weighted by Gasteiger charge is -2.11. The number of nitrogens with two attached hydrogens (primary N) is 1. The molecule has 0 aliphatic carbocycles. The predicted molar refractivity (Wildman–Crippen MR) is 60.2 cm³/mol. The summed E-state index contributed by atoms with van der Waals surface area (Å²) in [6.45, 7) is 1.74. The van der Waals surface area contributed by atoms with Crippen LogP contribution >= 0.6 is 11.8 Å². The zero-order valence-corrected chi connectivity index (χ0v) is 9.40. The number of anilines is 1. The van der Waals surface area contributed by atoms with E-state index in [-0.39, 0.29) is 17.0 Å². The van der Waals surface area contributed by atoms with Crippen molar-refractivity contribution in [2.24, 2.45) is 0 Å². The molecule has 1 amide bonds. The Morgan fingerprint density at radius 3 is 2.87 bits per heavy atom. The first-order chi connectivity index (χ1) is 7.04. The second-order valence-electron chi connectivity index (χ2n) is 3.06. The van der Waals surface area contributed by atoms with Crippen LogP contribution in [0.3, 0.4) is 0 Å². The van der Waals surface area contributed by atoms with Gasteiger partial charge in [-0.3, -0.25) is 4.79 Å². The summed E-state index contributed by atoms with van der Waals surface area (Å²) in [7, 11) is 1.56. The highest BCUT2D eigenvalue weighted by atomic mass is 32.2. The molecular weight excluding hydrogens is 215 g/mol. The van der Waals surface area contributed by atoms with E-state index in [0.717, 1.165) is 0 Å². The molecule has 1 atom stereocenters. The number of carbonyl (C=O) groups is 1. The van der Waals surface area contributed by atoms with E-state index >= 15 is 0 Å². The van der Waals surface area contributed by atoms with Gasteiger partial charge in [-0.15, -0.1) is 11.8 Å². The van der Waals surface area contributed by atoms with Gasteiger partial charge in [0.25, 0.3) is 0 Å². The van der Waals surface area contributed by atoms with Crippen molar-refractivity contribution in [3.05, 3.63) is 24.0 Å². The summed E-state index contributed by atoms with van der Waals surface area (Å²) in [6.07, 6.45) is 0. The Hall–Kier alpha value is -1.23. The summed E-state index contributed by atoms with van der Waals surface area (Å²) >= 11 is 1.24. The van der Waals surface area contributed by atoms with Crippen LogP contribution in [0.5, 0.6) is 0 Å². The standard InChI is InChI=1S/C10H13FN2OS/c1-6(10(14)13-2)15-9-5-7(11)3-4-8(9)12/h3-6H,12H2,1-2H3,(H,13,14). The Labute approximate surface area is 92.2 Å². The van der Waals surface area contributed by atoms with Crippen LogP contribution < -0.4 is 11.1 Å². The van der Waals surface area contributed by atoms with E-state index in [1.165, 1.54) is 30.0 Å². The van der Waals surface area contributed by atoms with Gasteiger partial charge < -0.3 is 11.1 Å². The van der Waals surface area contributed by atoms with Crippen LogP contribution in [0.15, 0.2) is 23.1 Å². The summed E-state index contributed by atoms with van der Waals surface area (Å²) < 4.78 is 12.9. The molecule has 0 saturated heterocycles. The number of hydrogen-bond donors (Lipinski definition) is 2. The summed E-state index contributed by atoms with van der Waals surface area (Å²) in [5.41, 5.74) is 6.14. The third-order valence-corrected chi connectivity index (χ3v) is 3.07. The first-order valence-corrected chi connectivity index (χ1v) is 5.36. The van der Waals surface area contributed by atoms with E-state index in [9.17, 15) is 9.18 Å². The number of benzene rings is 1. The van der Waals surface area contributed by atoms with Gasteiger partial charge in [0.2, 0.25) is 5.91 Å². The molecule has 0 heterocycles. The molecule has 82 valence electrons. The van der Waals surface area contributed by atoms with Gasteiger partial charge in [0.15, 0.2) is 0 Å². The molecule has 1 aromatic rings. The van der Waals surface area contributed by atoms with Gasteiger partial charge in [-0.05, 0) is 25.1 Å². The Bertz CT molecular complexity index is 370. The molecule has 0 spiro atoms. The van der Waals surface area contributed by atoms with E-state index in [4.69, 9.17) is 5.73 Å². The van der Waals surface area contributed by atoms with Crippen molar-refractivity contribution in [3.8, 4) is 0 Å². The fourth-order valence-electron chi connectivity index (χ4n) is 1.06. The van der Waals surface area contributed by atoms with Gasteiger partial charge in [-0.1, -0.05) is 0 Å². The lowest BCUT2D eigenvalue weighted by molar-refractivity contribution is -0.119. The number of hydrogen-bond acceptors (Lipinski definition) is 3. The highest BCUT2D eigenvalue weighted by Crippen LogP contribution is 2.29. The number of rotatable bonds is 3. The molecule has 1 rings (SSSR count). The average Bonchev–Trinajstić information content (AvgIpc) is 2.22. The van der Waals surface area contributed by atoms with Crippen molar-refractivity contribution in [3.63, 3.8) is 0 Å². The third-order valence-electron chi connectivity index (χ3n) is 1.89. The van der Waals surface area contributed by atoms with Crippen molar-refractivity contribution in [1.29, 1.82) is 0 Å². The maximum Gasteiger partial charge on any atom is 0.232 e. The number of amides is 1. The average molecular weight is 228 g/mol. The topological polar surface area (TPSA) is 55.1 Å². The highest BCUT2D eigenvalue weighted by Gasteiger charge is 2.14. The minimum Gasteiger partial charge on any atom is -0.398 e. The molecule has 0 radical (unpaired) electrons. The van der Waals surface area contributed by atoms with Crippen LogP contribution in [0.25, 0.3) is 0 Å². The van der Waals surface area contributed by atoms with Crippen LogP contribution in [0.2, 0.25) is 0 Å². The van der Waals surface area contributed by atoms with E-state index in [0.29, 0.717) is 10.6 Å². The highest BCUT2D eigenvalue weighted by molar-refractivity contribution is 8.00. The Morgan fingerprint density at radius 1 is 1.60 bits per heavy atom. The van der Waals surface area contributed by atoms with Crippen molar-refractivity contribution in [2.45, 2.75) is 17.1 Å². The molecule has 0 saturated carbocycles. The molecular formula is C10H13FN2OS. The van der Waals surface area contributed by atoms with E-state index in [1.807, 2.05) is 0 Å². The normalized spacial score (nSPS) is 12.2. The summed E-state index contributed by atoms with van der Waals surface area (Å²) in [5.74, 6) is -0.459. The number of thioether (sulfide) groups is 1. The van der Waals surface area contributed by atoms with Crippen molar-refractivity contribution in [2.75, 3.05) is 12.8 Å². The Morgan fingerprint density at radius 2 is 2.27 bits per heavy atom. The molecule has 0 aliphatic heterocycles. The molecule has 1 unspecified atom stereocenters. The van der Waals surface area contributed by atoms with Gasteiger partial charge in [0, 0.05) is 17.6 Å². The zero-order valence-electron chi connectivity index (χ0n) is 8.58. The quantitative estimate of drug-likeness (QED) is 0.610. The van der Waals surface area contributed by atoms with E-state index in [1.54, 1.807) is 14.0 Å². The van der Waals surface area contributed by atoms with Gasteiger partial charge in [0.1, 0.15) is 5.82 Å². The van der Waals surface area contributed by atoms with Crippen LogP contribution in [0, 0.1) is 5.82 Å². The molecule has 0 aliphatic rings. The molecule has 5 heteroatoms. The minimum absolute atomic E-state index is 0.108. The van der Waals surface area contributed by atoms with Crippen molar-refractivity contribution >= 4 is 23.4 Å². The van der Waals surface area contributed by atoms with Crippen LogP contribution in [-0.4, -0.2) is 18.2 Å². The monoisotopic (exact) mass is 228 g/mol. The Balaban J connectivity index is 2.80. The van der Waals surface area contributed by atoms with Crippen molar-refractivity contribution in [1.82, 2.24) is 5.32 Å². The third kappa shape index (κ3) is 3.13. The second kappa shape index (κ2) is 5.02. The summed E-state index contributed by atoms with van der Waals surface area (Å²) in [5, 5.41) is 2.23. The molecule has 3 N–H and O–H groups in total. The molecule has 15 heavy (non-hydrogen) atoms. The molecule has 1 aromatic carbocycles. The predicted octanol–water partition coefficient (Wildman–Crippen LogP) is 1.63. The first kappa shape index (κ1) is 11.8. The van der Waals surface area contributed by atoms with Gasteiger partial charge in [-0.2, -0.15) is 0 Å². The SMILES string of the molecule is CNC(=O)C(C)Sc1cc(F)ccc1N. The van der Waals surface area contributed by atoms with Gasteiger partial charge in [-0.25, -0.2) is 4.39 Å². The fraction of sp³-hybridized carbons (Fsp3) is 0.300. The van der Waals surface area contributed by atoms with Crippen LogP contribution in [0.1, 0.15) is 6.92 Å². The number of nitrogen functional groups attached to an aromatic ring is 1. The largest absolute Gasteiger partial charge is 0.398 e. The second-order valence-corrected chi connectivity index (χ2v) is 4.44. The number of nitrogens with one attached hydrogen (secondary N) is 1. The summed E-state index contributed by atoms with van der Waals surface area (Å²) in [6, 6.07) is 4.12. The molecule has 0 bridgehead atoms. The summed E-state index contributed by atoms with van der Waals surface area (Å²) in [4.78, 5) is 11.8. The molecule has 3 nitrogen and oxygen atoms in total. The van der Waals surface area contributed by atoms with E-state index < -0.39 is 0 Å². The van der Waals surface area contributed by atoms with Crippen molar-refractivity contribution < 1.29 is 9.18 Å². The van der Waals surface area contributed by atoms with Gasteiger partial charge >= 0.3 is 0 Å². The maximum atomic E-state index is 12.9. The minimum atomic E-state index is -0.351. The lowest BCUT2D eigenvalue weighted by atomic mass is 10.3. The van der Waals surface area contributed by atoms with Crippen LogP contribution in [0.4, 0.5) is 10.1 Å².